The first kappa shape index (κ1) is 11.0. The molecule has 4 nitrogen and oxygen atoms in total. The van der Waals surface area contributed by atoms with Crippen molar-refractivity contribution in [2.75, 3.05) is 26.2 Å². The number of piperazine rings is 1. The number of benzene rings is 1. The van der Waals surface area contributed by atoms with Crippen LogP contribution in [-0.4, -0.2) is 42.1 Å². The van der Waals surface area contributed by atoms with Crippen LogP contribution in [0.25, 0.3) is 0 Å². The molecular weight excluding hydrogens is 204 g/mol. The summed E-state index contributed by atoms with van der Waals surface area (Å²) in [7, 11) is 0. The second-order valence-corrected chi connectivity index (χ2v) is 3.97. The lowest BCUT2D eigenvalue weighted by atomic mass is 10.1. The molecule has 0 aliphatic carbocycles. The number of nitrogens with one attached hydrogen (secondary N) is 1. The van der Waals surface area contributed by atoms with Gasteiger partial charge in [-0.2, -0.15) is 0 Å². The van der Waals surface area contributed by atoms with Gasteiger partial charge in [-0.3, -0.25) is 4.79 Å². The highest BCUT2D eigenvalue weighted by molar-refractivity contribution is 5.78. The van der Waals surface area contributed by atoms with Gasteiger partial charge in [0, 0.05) is 26.2 Å². The highest BCUT2D eigenvalue weighted by Crippen LogP contribution is 2.11. The Morgan fingerprint density at radius 2 is 1.88 bits per heavy atom. The van der Waals surface area contributed by atoms with Crippen LogP contribution in [0.1, 0.15) is 5.56 Å². The second kappa shape index (κ2) is 4.99. The van der Waals surface area contributed by atoms with Crippen molar-refractivity contribution in [3.8, 4) is 5.75 Å². The molecule has 2 N–H and O–H groups in total. The minimum Gasteiger partial charge on any atom is -0.508 e. The molecule has 0 unspecified atom stereocenters. The van der Waals surface area contributed by atoms with Crippen LogP contribution >= 0.6 is 0 Å². The van der Waals surface area contributed by atoms with E-state index in [1.54, 1.807) is 24.3 Å². The van der Waals surface area contributed by atoms with Gasteiger partial charge in [-0.1, -0.05) is 12.1 Å². The highest BCUT2D eigenvalue weighted by Gasteiger charge is 2.15. The Hall–Kier alpha value is -1.55. The molecule has 4 heteroatoms. The monoisotopic (exact) mass is 220 g/mol. The minimum absolute atomic E-state index is 0.159. The molecule has 16 heavy (non-hydrogen) atoms. The minimum atomic E-state index is 0.159. The van der Waals surface area contributed by atoms with Crippen LogP contribution in [0.2, 0.25) is 0 Å². The van der Waals surface area contributed by atoms with Crippen molar-refractivity contribution in [3.05, 3.63) is 29.8 Å². The van der Waals surface area contributed by atoms with Crippen molar-refractivity contribution in [2.45, 2.75) is 6.42 Å². The predicted octanol–water partition coefficient (Wildman–Crippen LogP) is 0.366. The molecular formula is C12H16N2O2. The maximum absolute atomic E-state index is 11.9. The van der Waals surface area contributed by atoms with E-state index in [-0.39, 0.29) is 11.7 Å². The Morgan fingerprint density at radius 1 is 1.25 bits per heavy atom. The molecule has 0 bridgehead atoms. The molecule has 0 radical (unpaired) electrons. The van der Waals surface area contributed by atoms with E-state index >= 15 is 0 Å². The number of phenols is 1. The van der Waals surface area contributed by atoms with Gasteiger partial charge in [0.1, 0.15) is 5.75 Å². The van der Waals surface area contributed by atoms with Gasteiger partial charge in [-0.05, 0) is 17.7 Å². The van der Waals surface area contributed by atoms with Crippen LogP contribution in [-0.2, 0) is 11.2 Å². The summed E-state index contributed by atoms with van der Waals surface area (Å²) in [6, 6.07) is 6.80. The van der Waals surface area contributed by atoms with Gasteiger partial charge in [0.25, 0.3) is 0 Å². The predicted molar refractivity (Wildman–Crippen MR) is 61.3 cm³/mol. The lowest BCUT2D eigenvalue weighted by molar-refractivity contribution is -0.131. The van der Waals surface area contributed by atoms with Crippen molar-refractivity contribution in [1.82, 2.24) is 10.2 Å². The third kappa shape index (κ3) is 2.73. The molecule has 86 valence electrons. The van der Waals surface area contributed by atoms with Crippen LogP contribution < -0.4 is 5.32 Å². The fourth-order valence-electron chi connectivity index (χ4n) is 1.81. The molecule has 1 fully saturated rings. The van der Waals surface area contributed by atoms with Crippen molar-refractivity contribution in [1.29, 1.82) is 0 Å². The van der Waals surface area contributed by atoms with Gasteiger partial charge in [-0.25, -0.2) is 0 Å². The smallest absolute Gasteiger partial charge is 0.227 e. The zero-order valence-electron chi connectivity index (χ0n) is 9.15. The van der Waals surface area contributed by atoms with E-state index in [1.807, 2.05) is 4.90 Å². The first-order valence-corrected chi connectivity index (χ1v) is 5.52. The normalized spacial score (nSPS) is 16.1. The molecule has 1 heterocycles. The maximum Gasteiger partial charge on any atom is 0.227 e. The number of hydrogen-bond acceptors (Lipinski definition) is 3. The Labute approximate surface area is 94.9 Å². The molecule has 1 aliphatic rings. The topological polar surface area (TPSA) is 52.6 Å². The molecule has 0 saturated carbocycles. The van der Waals surface area contributed by atoms with E-state index in [0.29, 0.717) is 6.42 Å². The van der Waals surface area contributed by atoms with Crippen molar-refractivity contribution < 1.29 is 9.90 Å². The van der Waals surface area contributed by atoms with Crippen LogP contribution in [0.5, 0.6) is 5.75 Å². The summed E-state index contributed by atoms with van der Waals surface area (Å²) in [4.78, 5) is 13.8. The molecule has 1 saturated heterocycles. The zero-order valence-corrected chi connectivity index (χ0v) is 9.15. The second-order valence-electron chi connectivity index (χ2n) is 3.97. The molecule has 0 atom stereocenters. The van der Waals surface area contributed by atoms with Crippen LogP contribution in [0.3, 0.4) is 0 Å². The Morgan fingerprint density at radius 3 is 2.50 bits per heavy atom. The van der Waals surface area contributed by atoms with Gasteiger partial charge in [0.05, 0.1) is 6.42 Å². The number of aromatic hydroxyl groups is 1. The summed E-state index contributed by atoms with van der Waals surface area (Å²) in [5.74, 6) is 0.394. The number of rotatable bonds is 2. The standard InChI is InChI=1S/C12H16N2O2/c15-11-3-1-10(2-4-11)9-12(16)14-7-5-13-6-8-14/h1-4,13,15H,5-9H2. The number of nitrogens with zero attached hydrogens (tertiary/aromatic N) is 1. The zero-order chi connectivity index (χ0) is 11.4. The number of carbonyl (C=O) groups is 1. The van der Waals surface area contributed by atoms with Crippen molar-refractivity contribution in [3.63, 3.8) is 0 Å². The Kier molecular flexibility index (Phi) is 3.41. The summed E-state index contributed by atoms with van der Waals surface area (Å²) in [5, 5.41) is 12.3. The third-order valence-electron chi connectivity index (χ3n) is 2.76. The molecule has 1 amide bonds. The van der Waals surface area contributed by atoms with Gasteiger partial charge >= 0.3 is 0 Å². The average Bonchev–Trinajstić information content (AvgIpc) is 2.33. The Balaban J connectivity index is 1.93. The first-order chi connectivity index (χ1) is 7.75. The van der Waals surface area contributed by atoms with Crippen LogP contribution in [0.4, 0.5) is 0 Å². The lowest BCUT2D eigenvalue weighted by Crippen LogP contribution is -2.46. The van der Waals surface area contributed by atoms with Gasteiger partial charge in [0.15, 0.2) is 0 Å². The summed E-state index contributed by atoms with van der Waals surface area (Å²) >= 11 is 0. The largest absolute Gasteiger partial charge is 0.508 e. The summed E-state index contributed by atoms with van der Waals surface area (Å²) < 4.78 is 0. The van der Waals surface area contributed by atoms with Crippen LogP contribution in [0, 0.1) is 0 Å². The number of carbonyl (C=O) groups excluding carboxylic acids is 1. The quantitative estimate of drug-likeness (QED) is 0.757. The van der Waals surface area contributed by atoms with E-state index in [2.05, 4.69) is 5.32 Å². The first-order valence-electron chi connectivity index (χ1n) is 5.52. The summed E-state index contributed by atoms with van der Waals surface area (Å²) in [6.45, 7) is 3.33. The van der Waals surface area contributed by atoms with E-state index in [0.717, 1.165) is 31.7 Å². The molecule has 1 aromatic carbocycles. The average molecular weight is 220 g/mol. The van der Waals surface area contributed by atoms with E-state index in [9.17, 15) is 4.79 Å². The van der Waals surface area contributed by atoms with E-state index in [4.69, 9.17) is 5.11 Å². The van der Waals surface area contributed by atoms with E-state index < -0.39 is 0 Å². The van der Waals surface area contributed by atoms with Crippen molar-refractivity contribution >= 4 is 5.91 Å². The number of amides is 1. The summed E-state index contributed by atoms with van der Waals surface area (Å²) in [6.07, 6.45) is 0.417. The highest BCUT2D eigenvalue weighted by atomic mass is 16.3. The maximum atomic E-state index is 11.9. The molecule has 0 spiro atoms. The lowest BCUT2D eigenvalue weighted by Gasteiger charge is -2.27. The fourth-order valence-corrected chi connectivity index (χ4v) is 1.81. The van der Waals surface area contributed by atoms with E-state index in [1.165, 1.54) is 0 Å². The van der Waals surface area contributed by atoms with Crippen molar-refractivity contribution in [2.24, 2.45) is 0 Å². The molecule has 1 aromatic rings. The fraction of sp³-hybridized carbons (Fsp3) is 0.417. The van der Waals surface area contributed by atoms with Gasteiger partial charge in [0.2, 0.25) is 5.91 Å². The summed E-state index contributed by atoms with van der Waals surface area (Å²) in [5.41, 5.74) is 0.946. The number of hydrogen-bond donors (Lipinski definition) is 2. The van der Waals surface area contributed by atoms with Gasteiger partial charge in [-0.15, -0.1) is 0 Å². The number of phenolic OH excluding ortho intramolecular Hbond substituents is 1. The molecule has 1 aliphatic heterocycles. The molecule has 2 rings (SSSR count). The third-order valence-corrected chi connectivity index (χ3v) is 2.76. The Bertz CT molecular complexity index is 356. The SMILES string of the molecule is O=C(Cc1ccc(O)cc1)N1CCNCC1. The van der Waals surface area contributed by atoms with Crippen LogP contribution in [0.15, 0.2) is 24.3 Å². The van der Waals surface area contributed by atoms with Gasteiger partial charge < -0.3 is 15.3 Å². The molecule has 0 aromatic heterocycles.